The molecule has 0 aliphatic rings. The van der Waals surface area contributed by atoms with Crippen LogP contribution in [0.2, 0.25) is 0 Å². The molecule has 0 radical (unpaired) electrons. The van der Waals surface area contributed by atoms with Gasteiger partial charge in [-0.25, -0.2) is 0 Å². The Morgan fingerprint density at radius 1 is 1.47 bits per heavy atom. The summed E-state index contributed by atoms with van der Waals surface area (Å²) in [5, 5.41) is 8.00. The molecule has 3 heteroatoms. The molecule has 1 aromatic heterocycles. The number of likely N-dealkylation sites (N-methyl/N-ethyl adjacent to an activating group) is 1. The normalized spacial score (nSPS) is 13.3. The van der Waals surface area contributed by atoms with Gasteiger partial charge in [-0.1, -0.05) is 6.92 Å². The molecule has 0 saturated heterocycles. The molecule has 0 aliphatic carbocycles. The van der Waals surface area contributed by atoms with Gasteiger partial charge in [-0.2, -0.15) is 11.3 Å². The molecule has 1 N–H and O–H groups in total. The van der Waals surface area contributed by atoms with E-state index in [1.807, 2.05) is 0 Å². The van der Waals surface area contributed by atoms with Crippen LogP contribution in [0.15, 0.2) is 16.8 Å². The molecule has 1 rings (SSSR count). The number of thiophene rings is 1. The molecule has 0 amide bonds. The highest BCUT2D eigenvalue weighted by atomic mass is 32.1. The number of hydrogen-bond donors (Lipinski definition) is 1. The smallest absolute Gasteiger partial charge is 0.0235 e. The topological polar surface area (TPSA) is 15.3 Å². The van der Waals surface area contributed by atoms with Gasteiger partial charge in [0.1, 0.15) is 0 Å². The summed E-state index contributed by atoms with van der Waals surface area (Å²) in [5.74, 6) is 0. The van der Waals surface area contributed by atoms with Crippen LogP contribution in [-0.2, 0) is 6.42 Å². The highest BCUT2D eigenvalue weighted by Crippen LogP contribution is 2.09. The summed E-state index contributed by atoms with van der Waals surface area (Å²) in [6.07, 6.45) is 2.34. The fourth-order valence-electron chi connectivity index (χ4n) is 1.68. The zero-order valence-electron chi connectivity index (χ0n) is 9.99. The summed E-state index contributed by atoms with van der Waals surface area (Å²) in [6.45, 7) is 4.43. The first-order valence-corrected chi connectivity index (χ1v) is 6.55. The van der Waals surface area contributed by atoms with Crippen LogP contribution in [-0.4, -0.2) is 38.1 Å². The molecule has 0 aromatic carbocycles. The predicted molar refractivity (Wildman–Crippen MR) is 68.7 cm³/mol. The van der Waals surface area contributed by atoms with Crippen LogP contribution in [0, 0.1) is 0 Å². The summed E-state index contributed by atoms with van der Waals surface area (Å²) < 4.78 is 0. The molecule has 0 saturated carbocycles. The molecular weight excluding hydrogens is 204 g/mol. The highest BCUT2D eigenvalue weighted by Gasteiger charge is 2.09. The van der Waals surface area contributed by atoms with Crippen LogP contribution in [0.3, 0.4) is 0 Å². The lowest BCUT2D eigenvalue weighted by Gasteiger charge is -2.21. The Balaban J connectivity index is 2.41. The molecule has 2 nitrogen and oxygen atoms in total. The second-order valence-corrected chi connectivity index (χ2v) is 5.03. The minimum absolute atomic E-state index is 0.578. The van der Waals surface area contributed by atoms with Gasteiger partial charge in [0, 0.05) is 12.6 Å². The molecule has 0 spiro atoms. The standard InChI is InChI=1S/C12H22N2S/c1-4-6-13-12(9-14(2)3)8-11-5-7-15-10-11/h5,7,10,12-13H,4,6,8-9H2,1-3H3. The SMILES string of the molecule is CCCNC(Cc1ccsc1)CN(C)C. The number of rotatable bonds is 7. The molecule has 1 unspecified atom stereocenters. The summed E-state index contributed by atoms with van der Waals surface area (Å²) in [6, 6.07) is 2.80. The van der Waals surface area contributed by atoms with Crippen molar-refractivity contribution in [2.24, 2.45) is 0 Å². The molecule has 0 fully saturated rings. The summed E-state index contributed by atoms with van der Waals surface area (Å²) in [5.41, 5.74) is 1.45. The molecule has 0 aliphatic heterocycles. The molecule has 86 valence electrons. The summed E-state index contributed by atoms with van der Waals surface area (Å²) in [4.78, 5) is 2.25. The van der Waals surface area contributed by atoms with Crippen molar-refractivity contribution in [2.45, 2.75) is 25.8 Å². The Bertz CT molecular complexity index is 244. The van der Waals surface area contributed by atoms with Crippen molar-refractivity contribution < 1.29 is 0 Å². The van der Waals surface area contributed by atoms with Crippen molar-refractivity contribution in [1.29, 1.82) is 0 Å². The Hall–Kier alpha value is -0.380. The van der Waals surface area contributed by atoms with Crippen LogP contribution in [0.4, 0.5) is 0 Å². The van der Waals surface area contributed by atoms with Gasteiger partial charge in [-0.15, -0.1) is 0 Å². The van der Waals surface area contributed by atoms with E-state index >= 15 is 0 Å². The monoisotopic (exact) mass is 226 g/mol. The molecule has 1 aromatic rings. The van der Waals surface area contributed by atoms with Crippen molar-refractivity contribution in [3.8, 4) is 0 Å². The van der Waals surface area contributed by atoms with Gasteiger partial charge in [-0.3, -0.25) is 0 Å². The van der Waals surface area contributed by atoms with E-state index in [9.17, 15) is 0 Å². The Morgan fingerprint density at radius 2 is 2.27 bits per heavy atom. The lowest BCUT2D eigenvalue weighted by Crippen LogP contribution is -2.40. The molecule has 1 heterocycles. The minimum Gasteiger partial charge on any atom is -0.312 e. The van der Waals surface area contributed by atoms with Gasteiger partial charge in [0.25, 0.3) is 0 Å². The Kier molecular flexibility index (Phi) is 5.91. The van der Waals surface area contributed by atoms with E-state index in [4.69, 9.17) is 0 Å². The van der Waals surface area contributed by atoms with E-state index in [1.54, 1.807) is 11.3 Å². The number of hydrogen-bond acceptors (Lipinski definition) is 3. The first-order chi connectivity index (χ1) is 7.22. The van der Waals surface area contributed by atoms with Gasteiger partial charge in [-0.05, 0) is 55.9 Å². The van der Waals surface area contributed by atoms with E-state index in [2.05, 4.69) is 48.1 Å². The second kappa shape index (κ2) is 6.99. The van der Waals surface area contributed by atoms with Crippen LogP contribution in [0.5, 0.6) is 0 Å². The van der Waals surface area contributed by atoms with Gasteiger partial charge in [0.15, 0.2) is 0 Å². The van der Waals surface area contributed by atoms with Crippen molar-refractivity contribution in [3.05, 3.63) is 22.4 Å². The van der Waals surface area contributed by atoms with Crippen LogP contribution >= 0.6 is 11.3 Å². The first-order valence-electron chi connectivity index (χ1n) is 5.61. The van der Waals surface area contributed by atoms with Crippen LogP contribution in [0.1, 0.15) is 18.9 Å². The van der Waals surface area contributed by atoms with E-state index < -0.39 is 0 Å². The predicted octanol–water partition coefficient (Wildman–Crippen LogP) is 2.22. The van der Waals surface area contributed by atoms with Crippen molar-refractivity contribution in [1.82, 2.24) is 10.2 Å². The Labute approximate surface area is 97.3 Å². The van der Waals surface area contributed by atoms with Gasteiger partial charge < -0.3 is 10.2 Å². The van der Waals surface area contributed by atoms with Crippen molar-refractivity contribution in [3.63, 3.8) is 0 Å². The second-order valence-electron chi connectivity index (χ2n) is 4.25. The number of nitrogens with zero attached hydrogens (tertiary/aromatic N) is 1. The average molecular weight is 226 g/mol. The maximum atomic E-state index is 3.60. The third-order valence-electron chi connectivity index (χ3n) is 2.33. The summed E-state index contributed by atoms with van der Waals surface area (Å²) >= 11 is 1.78. The van der Waals surface area contributed by atoms with Crippen molar-refractivity contribution in [2.75, 3.05) is 27.2 Å². The van der Waals surface area contributed by atoms with Gasteiger partial charge in [0.05, 0.1) is 0 Å². The van der Waals surface area contributed by atoms with E-state index in [-0.39, 0.29) is 0 Å². The lowest BCUT2D eigenvalue weighted by molar-refractivity contribution is 0.336. The molecule has 15 heavy (non-hydrogen) atoms. The number of nitrogens with one attached hydrogen (secondary N) is 1. The van der Waals surface area contributed by atoms with Crippen LogP contribution in [0.25, 0.3) is 0 Å². The molecule has 1 atom stereocenters. The Morgan fingerprint density at radius 3 is 2.80 bits per heavy atom. The fourth-order valence-corrected chi connectivity index (χ4v) is 2.37. The highest BCUT2D eigenvalue weighted by molar-refractivity contribution is 7.07. The quantitative estimate of drug-likeness (QED) is 0.767. The molecule has 0 bridgehead atoms. The minimum atomic E-state index is 0.578. The zero-order chi connectivity index (χ0) is 11.1. The van der Waals surface area contributed by atoms with E-state index in [0.29, 0.717) is 6.04 Å². The van der Waals surface area contributed by atoms with E-state index in [1.165, 1.54) is 12.0 Å². The summed E-state index contributed by atoms with van der Waals surface area (Å²) in [7, 11) is 4.27. The van der Waals surface area contributed by atoms with Gasteiger partial charge >= 0.3 is 0 Å². The largest absolute Gasteiger partial charge is 0.312 e. The molecular formula is C12H22N2S. The third kappa shape index (κ3) is 5.30. The average Bonchev–Trinajstić information content (AvgIpc) is 2.66. The van der Waals surface area contributed by atoms with Gasteiger partial charge in [0.2, 0.25) is 0 Å². The third-order valence-corrected chi connectivity index (χ3v) is 3.06. The maximum Gasteiger partial charge on any atom is 0.0235 e. The van der Waals surface area contributed by atoms with E-state index in [0.717, 1.165) is 19.5 Å². The lowest BCUT2D eigenvalue weighted by atomic mass is 10.1. The first kappa shape index (κ1) is 12.7. The van der Waals surface area contributed by atoms with Crippen LogP contribution < -0.4 is 5.32 Å². The van der Waals surface area contributed by atoms with Crippen molar-refractivity contribution >= 4 is 11.3 Å². The fraction of sp³-hybridized carbons (Fsp3) is 0.667. The maximum absolute atomic E-state index is 3.60. The zero-order valence-corrected chi connectivity index (χ0v) is 10.8.